The Morgan fingerprint density at radius 3 is 3.05 bits per heavy atom. The van der Waals surface area contributed by atoms with Gasteiger partial charge in [-0.15, -0.1) is 0 Å². The molecule has 0 amide bonds. The topological polar surface area (TPSA) is 109 Å². The summed E-state index contributed by atoms with van der Waals surface area (Å²) in [5, 5.41) is 19.0. The van der Waals surface area contributed by atoms with Gasteiger partial charge in [-0.3, -0.25) is 5.10 Å². The van der Waals surface area contributed by atoms with Gasteiger partial charge in [-0.05, 0) is 17.7 Å². The maximum absolute atomic E-state index is 8.76. The van der Waals surface area contributed by atoms with Crippen LogP contribution in [-0.2, 0) is 5.75 Å². The van der Waals surface area contributed by atoms with Gasteiger partial charge < -0.3 is 15.7 Å². The maximum atomic E-state index is 8.76. The number of hydrogen-bond donors (Lipinski definition) is 3. The summed E-state index contributed by atoms with van der Waals surface area (Å²) in [5.74, 6) is 1.26. The number of aromatic nitrogens is 3. The van der Waals surface area contributed by atoms with Gasteiger partial charge in [0.2, 0.25) is 0 Å². The van der Waals surface area contributed by atoms with Gasteiger partial charge in [-0.2, -0.15) is 5.10 Å². The van der Waals surface area contributed by atoms with Crippen molar-refractivity contribution in [2.45, 2.75) is 10.9 Å². The third kappa shape index (κ3) is 3.16. The Morgan fingerprint density at radius 1 is 1.58 bits per heavy atom. The number of thioether (sulfide) groups is 1. The number of nitrogens with two attached hydrogens (primary N) is 1. The van der Waals surface area contributed by atoms with Crippen LogP contribution >= 0.6 is 11.8 Å². The number of benzene rings is 1. The van der Waals surface area contributed by atoms with Crippen LogP contribution < -0.4 is 10.5 Å². The van der Waals surface area contributed by atoms with E-state index in [0.29, 0.717) is 17.1 Å². The summed E-state index contributed by atoms with van der Waals surface area (Å²) < 4.78 is 5.17. The molecule has 19 heavy (non-hydrogen) atoms. The molecule has 0 saturated carbocycles. The molecular formula is C11H13N5O2S. The summed E-state index contributed by atoms with van der Waals surface area (Å²) in [7, 11) is 1.53. The van der Waals surface area contributed by atoms with Crippen LogP contribution in [0, 0.1) is 0 Å². The highest BCUT2D eigenvalue weighted by Crippen LogP contribution is 2.24. The molecule has 0 bridgehead atoms. The molecule has 2 rings (SSSR count). The third-order valence-corrected chi connectivity index (χ3v) is 3.36. The van der Waals surface area contributed by atoms with Gasteiger partial charge in [0.25, 0.3) is 0 Å². The molecule has 0 radical (unpaired) electrons. The summed E-state index contributed by atoms with van der Waals surface area (Å²) >= 11 is 1.51. The predicted molar refractivity (Wildman–Crippen MR) is 71.4 cm³/mol. The molecule has 0 aliphatic heterocycles. The molecule has 4 N–H and O–H groups in total. The van der Waals surface area contributed by atoms with Gasteiger partial charge >= 0.3 is 0 Å². The highest BCUT2D eigenvalue weighted by Gasteiger charge is 2.09. The first kappa shape index (κ1) is 13.2. The largest absolute Gasteiger partial charge is 0.496 e. The standard InChI is InChI=1S/C11H13N5O2S/c1-18-9-3-2-7(4-8(9)10(12)16-17)5-19-11-13-6-14-15-11/h2-4,6,17H,5H2,1H3,(H2,12,16)(H,13,14,15). The van der Waals surface area contributed by atoms with E-state index in [-0.39, 0.29) is 5.84 Å². The number of aromatic amines is 1. The van der Waals surface area contributed by atoms with E-state index >= 15 is 0 Å². The van der Waals surface area contributed by atoms with E-state index in [0.717, 1.165) is 10.7 Å². The normalized spacial score (nSPS) is 11.5. The number of H-pyrrole nitrogens is 1. The SMILES string of the molecule is COc1ccc(CSc2ncn[nH]2)cc1C(N)=NO. The van der Waals surface area contributed by atoms with E-state index in [4.69, 9.17) is 15.7 Å². The molecule has 2 aromatic rings. The second kappa shape index (κ2) is 6.10. The zero-order valence-electron chi connectivity index (χ0n) is 10.2. The van der Waals surface area contributed by atoms with Crippen LogP contribution in [0.1, 0.15) is 11.1 Å². The minimum absolute atomic E-state index is 0.0170. The fourth-order valence-corrected chi connectivity index (χ4v) is 2.24. The number of oxime groups is 1. The Morgan fingerprint density at radius 2 is 2.42 bits per heavy atom. The van der Waals surface area contributed by atoms with Crippen LogP contribution in [0.2, 0.25) is 0 Å². The van der Waals surface area contributed by atoms with E-state index in [9.17, 15) is 0 Å². The minimum atomic E-state index is 0.0170. The number of hydrogen-bond acceptors (Lipinski definition) is 6. The second-order valence-corrected chi connectivity index (χ2v) is 4.56. The molecule has 100 valence electrons. The maximum Gasteiger partial charge on any atom is 0.183 e. The number of methoxy groups -OCH3 is 1. The highest BCUT2D eigenvalue weighted by molar-refractivity contribution is 7.98. The predicted octanol–water partition coefficient (Wildman–Crippen LogP) is 1.20. The Balaban J connectivity index is 2.18. The Kier molecular flexibility index (Phi) is 4.24. The zero-order chi connectivity index (χ0) is 13.7. The Labute approximate surface area is 113 Å². The number of ether oxygens (including phenoxy) is 1. The lowest BCUT2D eigenvalue weighted by molar-refractivity contribution is 0.318. The van der Waals surface area contributed by atoms with Gasteiger partial charge in [0.1, 0.15) is 12.1 Å². The van der Waals surface area contributed by atoms with Crippen molar-refractivity contribution in [3.05, 3.63) is 35.7 Å². The minimum Gasteiger partial charge on any atom is -0.496 e. The van der Waals surface area contributed by atoms with E-state index in [1.54, 1.807) is 6.07 Å². The molecule has 0 aliphatic rings. The number of nitrogens with zero attached hydrogens (tertiary/aromatic N) is 3. The Hall–Kier alpha value is -2.22. The molecule has 1 heterocycles. The van der Waals surface area contributed by atoms with Crippen molar-refractivity contribution in [2.75, 3.05) is 7.11 Å². The monoisotopic (exact) mass is 279 g/mol. The third-order valence-electron chi connectivity index (χ3n) is 2.42. The summed E-state index contributed by atoms with van der Waals surface area (Å²) in [4.78, 5) is 4.02. The van der Waals surface area contributed by atoms with Crippen molar-refractivity contribution in [3.63, 3.8) is 0 Å². The summed E-state index contributed by atoms with van der Waals surface area (Å²) in [6.45, 7) is 0. The van der Waals surface area contributed by atoms with Gasteiger partial charge in [-0.1, -0.05) is 23.0 Å². The molecule has 0 fully saturated rings. The van der Waals surface area contributed by atoms with Crippen molar-refractivity contribution in [3.8, 4) is 5.75 Å². The molecule has 0 aliphatic carbocycles. The lowest BCUT2D eigenvalue weighted by atomic mass is 10.1. The summed E-state index contributed by atoms with van der Waals surface area (Å²) in [6.07, 6.45) is 1.46. The average molecular weight is 279 g/mol. The quantitative estimate of drug-likeness (QED) is 0.249. The van der Waals surface area contributed by atoms with Crippen LogP contribution in [-0.4, -0.2) is 33.3 Å². The van der Waals surface area contributed by atoms with Crippen LogP contribution in [0.5, 0.6) is 5.75 Å². The lowest BCUT2D eigenvalue weighted by Crippen LogP contribution is -2.14. The molecular weight excluding hydrogens is 266 g/mol. The van der Waals surface area contributed by atoms with Crippen molar-refractivity contribution >= 4 is 17.6 Å². The van der Waals surface area contributed by atoms with Crippen LogP contribution in [0.15, 0.2) is 34.8 Å². The molecule has 0 saturated heterocycles. The lowest BCUT2D eigenvalue weighted by Gasteiger charge is -2.09. The first-order chi connectivity index (χ1) is 9.24. The van der Waals surface area contributed by atoms with Crippen LogP contribution in [0.4, 0.5) is 0 Å². The summed E-state index contributed by atoms with van der Waals surface area (Å²) in [5.41, 5.74) is 7.17. The molecule has 0 spiro atoms. The second-order valence-electron chi connectivity index (χ2n) is 3.60. The van der Waals surface area contributed by atoms with E-state index < -0.39 is 0 Å². The smallest absolute Gasteiger partial charge is 0.183 e. The molecule has 1 aromatic carbocycles. The van der Waals surface area contributed by atoms with Crippen molar-refractivity contribution in [2.24, 2.45) is 10.9 Å². The van der Waals surface area contributed by atoms with Gasteiger partial charge in [-0.25, -0.2) is 4.98 Å². The van der Waals surface area contributed by atoms with E-state index in [2.05, 4.69) is 20.3 Å². The highest BCUT2D eigenvalue weighted by atomic mass is 32.2. The van der Waals surface area contributed by atoms with Crippen molar-refractivity contribution in [1.29, 1.82) is 0 Å². The van der Waals surface area contributed by atoms with Crippen LogP contribution in [0.25, 0.3) is 0 Å². The molecule has 1 aromatic heterocycles. The molecule has 8 heteroatoms. The fourth-order valence-electron chi connectivity index (χ4n) is 1.51. The number of amidine groups is 1. The zero-order valence-corrected chi connectivity index (χ0v) is 11.0. The number of rotatable bonds is 5. The molecule has 0 unspecified atom stereocenters. The molecule has 0 atom stereocenters. The van der Waals surface area contributed by atoms with Crippen molar-refractivity contribution in [1.82, 2.24) is 15.2 Å². The van der Waals surface area contributed by atoms with Crippen LogP contribution in [0.3, 0.4) is 0 Å². The van der Waals surface area contributed by atoms with Gasteiger partial charge in [0, 0.05) is 5.75 Å². The summed E-state index contributed by atoms with van der Waals surface area (Å²) in [6, 6.07) is 5.51. The Bertz CT molecular complexity index is 570. The first-order valence-electron chi connectivity index (χ1n) is 5.37. The van der Waals surface area contributed by atoms with Crippen molar-refractivity contribution < 1.29 is 9.94 Å². The van der Waals surface area contributed by atoms with E-state index in [1.807, 2.05) is 12.1 Å². The van der Waals surface area contributed by atoms with E-state index in [1.165, 1.54) is 25.2 Å². The first-order valence-corrected chi connectivity index (χ1v) is 6.36. The average Bonchev–Trinajstić information content (AvgIpc) is 2.97. The number of nitrogens with one attached hydrogen (secondary N) is 1. The molecule has 7 nitrogen and oxygen atoms in total. The fraction of sp³-hybridized carbons (Fsp3) is 0.182. The van der Waals surface area contributed by atoms with Gasteiger partial charge in [0.05, 0.1) is 12.7 Å². The van der Waals surface area contributed by atoms with Gasteiger partial charge in [0.15, 0.2) is 11.0 Å².